The molecular weight excluding hydrogens is 342 g/mol. The standard InChI is InChI=1S/C21H25N3O3/c1-16(2)27-19-8-6-17(7-9-19)20(25)23-11-4-12-24(14-13-23)21(26)18-5-3-10-22-15-18/h3,5-10,15-16H,4,11-14H2,1-2H3. The zero-order chi connectivity index (χ0) is 19.2. The minimum Gasteiger partial charge on any atom is -0.491 e. The lowest BCUT2D eigenvalue weighted by Gasteiger charge is -2.22. The van der Waals surface area contributed by atoms with Gasteiger partial charge < -0.3 is 14.5 Å². The maximum absolute atomic E-state index is 12.8. The van der Waals surface area contributed by atoms with E-state index in [2.05, 4.69) is 4.98 Å². The van der Waals surface area contributed by atoms with Crippen molar-refractivity contribution in [1.82, 2.24) is 14.8 Å². The Kier molecular flexibility index (Phi) is 6.06. The number of pyridine rings is 1. The highest BCUT2D eigenvalue weighted by atomic mass is 16.5. The monoisotopic (exact) mass is 367 g/mol. The summed E-state index contributed by atoms with van der Waals surface area (Å²) in [4.78, 5) is 33.0. The molecule has 0 spiro atoms. The number of benzene rings is 1. The molecule has 0 aliphatic carbocycles. The third-order valence-electron chi connectivity index (χ3n) is 4.45. The minimum atomic E-state index is -0.0346. The number of carbonyl (C=O) groups is 2. The minimum absolute atomic E-state index is 0.0122. The number of carbonyl (C=O) groups excluding carboxylic acids is 2. The molecule has 0 atom stereocenters. The molecule has 0 unspecified atom stereocenters. The van der Waals surface area contributed by atoms with E-state index < -0.39 is 0 Å². The van der Waals surface area contributed by atoms with E-state index in [0.717, 1.165) is 12.2 Å². The molecule has 1 aromatic heterocycles. The van der Waals surface area contributed by atoms with Crippen molar-refractivity contribution in [1.29, 1.82) is 0 Å². The molecule has 3 rings (SSSR count). The van der Waals surface area contributed by atoms with Gasteiger partial charge in [-0.3, -0.25) is 14.6 Å². The molecule has 0 radical (unpaired) electrons. The fourth-order valence-corrected chi connectivity index (χ4v) is 3.13. The highest BCUT2D eigenvalue weighted by Crippen LogP contribution is 2.16. The number of hydrogen-bond acceptors (Lipinski definition) is 4. The van der Waals surface area contributed by atoms with Crippen molar-refractivity contribution >= 4 is 11.8 Å². The molecule has 2 heterocycles. The average Bonchev–Trinajstić information content (AvgIpc) is 2.94. The quantitative estimate of drug-likeness (QED) is 0.834. The fourth-order valence-electron chi connectivity index (χ4n) is 3.13. The predicted molar refractivity (Wildman–Crippen MR) is 103 cm³/mol. The van der Waals surface area contributed by atoms with Crippen molar-refractivity contribution < 1.29 is 14.3 Å². The van der Waals surface area contributed by atoms with Gasteiger partial charge in [0.2, 0.25) is 0 Å². The van der Waals surface area contributed by atoms with Gasteiger partial charge in [-0.2, -0.15) is 0 Å². The van der Waals surface area contributed by atoms with Gasteiger partial charge in [0.1, 0.15) is 5.75 Å². The van der Waals surface area contributed by atoms with Gasteiger partial charge in [-0.25, -0.2) is 0 Å². The number of aromatic nitrogens is 1. The summed E-state index contributed by atoms with van der Waals surface area (Å²) < 4.78 is 5.62. The maximum atomic E-state index is 12.8. The number of hydrogen-bond donors (Lipinski definition) is 0. The second kappa shape index (κ2) is 8.66. The van der Waals surface area contributed by atoms with E-state index in [9.17, 15) is 9.59 Å². The van der Waals surface area contributed by atoms with Gasteiger partial charge in [0.15, 0.2) is 0 Å². The largest absolute Gasteiger partial charge is 0.491 e. The van der Waals surface area contributed by atoms with Crippen LogP contribution in [-0.4, -0.2) is 58.9 Å². The van der Waals surface area contributed by atoms with Gasteiger partial charge in [-0.15, -0.1) is 0 Å². The third-order valence-corrected chi connectivity index (χ3v) is 4.45. The highest BCUT2D eigenvalue weighted by molar-refractivity contribution is 5.95. The Morgan fingerprint density at radius 1 is 0.926 bits per heavy atom. The Balaban J connectivity index is 1.62. The van der Waals surface area contributed by atoms with E-state index >= 15 is 0 Å². The van der Waals surface area contributed by atoms with E-state index in [1.807, 2.05) is 30.9 Å². The van der Waals surface area contributed by atoms with Crippen molar-refractivity contribution in [2.45, 2.75) is 26.4 Å². The molecule has 0 saturated carbocycles. The number of rotatable bonds is 4. The van der Waals surface area contributed by atoms with Gasteiger partial charge >= 0.3 is 0 Å². The molecule has 142 valence electrons. The number of nitrogens with zero attached hydrogens (tertiary/aromatic N) is 3. The first kappa shape index (κ1) is 18.9. The zero-order valence-electron chi connectivity index (χ0n) is 15.8. The van der Waals surface area contributed by atoms with Crippen LogP contribution in [0.3, 0.4) is 0 Å². The molecule has 0 N–H and O–H groups in total. The topological polar surface area (TPSA) is 62.7 Å². The second-order valence-corrected chi connectivity index (χ2v) is 6.87. The molecule has 6 nitrogen and oxygen atoms in total. The van der Waals surface area contributed by atoms with Crippen molar-refractivity contribution in [3.8, 4) is 5.75 Å². The van der Waals surface area contributed by atoms with Crippen molar-refractivity contribution in [2.75, 3.05) is 26.2 Å². The first-order chi connectivity index (χ1) is 13.0. The first-order valence-electron chi connectivity index (χ1n) is 9.30. The lowest BCUT2D eigenvalue weighted by Crippen LogP contribution is -2.37. The molecule has 0 bridgehead atoms. The van der Waals surface area contributed by atoms with E-state index in [-0.39, 0.29) is 17.9 Å². The van der Waals surface area contributed by atoms with Crippen LogP contribution >= 0.6 is 0 Å². The normalized spacial score (nSPS) is 14.8. The van der Waals surface area contributed by atoms with Gasteiger partial charge in [0, 0.05) is 44.1 Å². The summed E-state index contributed by atoms with van der Waals surface area (Å²) in [5.41, 5.74) is 1.22. The molecule has 2 aromatic rings. The fraction of sp³-hybridized carbons (Fsp3) is 0.381. The molecule has 2 amide bonds. The van der Waals surface area contributed by atoms with E-state index in [4.69, 9.17) is 4.74 Å². The molecule has 27 heavy (non-hydrogen) atoms. The van der Waals surface area contributed by atoms with Crippen LogP contribution in [0.5, 0.6) is 5.75 Å². The molecule has 1 saturated heterocycles. The molecule has 1 aliphatic rings. The van der Waals surface area contributed by atoms with Crippen LogP contribution in [0.2, 0.25) is 0 Å². The van der Waals surface area contributed by atoms with Crippen LogP contribution in [0.4, 0.5) is 0 Å². The summed E-state index contributed by atoms with van der Waals surface area (Å²) in [6, 6.07) is 10.8. The molecule has 1 fully saturated rings. The number of ether oxygens (including phenoxy) is 1. The zero-order valence-corrected chi connectivity index (χ0v) is 15.8. The van der Waals surface area contributed by atoms with Crippen LogP contribution in [0.15, 0.2) is 48.8 Å². The van der Waals surface area contributed by atoms with Crippen molar-refractivity contribution in [2.24, 2.45) is 0 Å². The summed E-state index contributed by atoms with van der Waals surface area (Å²) in [7, 11) is 0. The Labute approximate surface area is 159 Å². The van der Waals surface area contributed by atoms with Crippen LogP contribution in [0.1, 0.15) is 41.0 Å². The lowest BCUT2D eigenvalue weighted by molar-refractivity contribution is 0.0718. The van der Waals surface area contributed by atoms with Crippen LogP contribution in [-0.2, 0) is 0 Å². The molecular formula is C21H25N3O3. The smallest absolute Gasteiger partial charge is 0.255 e. The molecule has 6 heteroatoms. The summed E-state index contributed by atoms with van der Waals surface area (Å²) in [6.45, 7) is 6.26. The van der Waals surface area contributed by atoms with E-state index in [1.165, 1.54) is 0 Å². The molecule has 1 aromatic carbocycles. The van der Waals surface area contributed by atoms with E-state index in [0.29, 0.717) is 37.3 Å². The van der Waals surface area contributed by atoms with Crippen molar-refractivity contribution in [3.63, 3.8) is 0 Å². The van der Waals surface area contributed by atoms with Crippen LogP contribution in [0, 0.1) is 0 Å². The molecule has 1 aliphatic heterocycles. The summed E-state index contributed by atoms with van der Waals surface area (Å²) in [6.07, 6.45) is 4.08. The average molecular weight is 367 g/mol. The Hall–Kier alpha value is -2.89. The first-order valence-corrected chi connectivity index (χ1v) is 9.30. The van der Waals surface area contributed by atoms with Gasteiger partial charge in [0.25, 0.3) is 11.8 Å². The summed E-state index contributed by atoms with van der Waals surface area (Å²) in [5, 5.41) is 0. The van der Waals surface area contributed by atoms with Crippen LogP contribution < -0.4 is 4.74 Å². The maximum Gasteiger partial charge on any atom is 0.255 e. The third kappa shape index (κ3) is 4.84. The van der Waals surface area contributed by atoms with Crippen molar-refractivity contribution in [3.05, 3.63) is 59.9 Å². The highest BCUT2D eigenvalue weighted by Gasteiger charge is 2.23. The number of amides is 2. The van der Waals surface area contributed by atoms with Gasteiger partial charge in [0.05, 0.1) is 11.7 Å². The van der Waals surface area contributed by atoms with E-state index in [1.54, 1.807) is 41.6 Å². The van der Waals surface area contributed by atoms with Crippen LogP contribution in [0.25, 0.3) is 0 Å². The Bertz CT molecular complexity index is 775. The van der Waals surface area contributed by atoms with Gasteiger partial charge in [-0.1, -0.05) is 0 Å². The van der Waals surface area contributed by atoms with Gasteiger partial charge in [-0.05, 0) is 56.7 Å². The predicted octanol–water partition coefficient (Wildman–Crippen LogP) is 2.86. The SMILES string of the molecule is CC(C)Oc1ccc(C(=O)N2CCCN(C(=O)c3cccnc3)CC2)cc1. The Morgan fingerprint density at radius 2 is 1.56 bits per heavy atom. The summed E-state index contributed by atoms with van der Waals surface area (Å²) in [5.74, 6) is 0.708. The Morgan fingerprint density at radius 3 is 2.11 bits per heavy atom. The second-order valence-electron chi connectivity index (χ2n) is 6.87. The summed E-state index contributed by atoms with van der Waals surface area (Å²) >= 11 is 0. The lowest BCUT2D eigenvalue weighted by atomic mass is 10.2.